The molecule has 5 heteroatoms. The van der Waals surface area contributed by atoms with E-state index in [-0.39, 0.29) is 18.1 Å². The Balaban J connectivity index is 1.85. The standard InChI is InChI=1S/C9H15N3O2/c13-8-10-5-6-12(8)9(14)11-7-3-1-2-4-7/h7H,1-6H2,(H,10,13)(H,11,14). The normalized spacial score (nSPS) is 22.6. The smallest absolute Gasteiger partial charge is 0.325 e. The third-order valence-corrected chi connectivity index (χ3v) is 2.78. The molecule has 2 fully saturated rings. The first-order chi connectivity index (χ1) is 6.77. The van der Waals surface area contributed by atoms with Crippen molar-refractivity contribution in [1.29, 1.82) is 0 Å². The van der Waals surface area contributed by atoms with Gasteiger partial charge in [-0.15, -0.1) is 0 Å². The number of imide groups is 1. The highest BCUT2D eigenvalue weighted by molar-refractivity contribution is 5.95. The van der Waals surface area contributed by atoms with Crippen molar-refractivity contribution in [2.24, 2.45) is 0 Å². The van der Waals surface area contributed by atoms with E-state index in [0.717, 1.165) is 12.8 Å². The summed E-state index contributed by atoms with van der Waals surface area (Å²) in [6, 6.07) is -0.247. The molecule has 0 aromatic rings. The monoisotopic (exact) mass is 197 g/mol. The molecule has 5 nitrogen and oxygen atoms in total. The van der Waals surface area contributed by atoms with Crippen LogP contribution in [0.2, 0.25) is 0 Å². The topological polar surface area (TPSA) is 61.4 Å². The van der Waals surface area contributed by atoms with E-state index >= 15 is 0 Å². The van der Waals surface area contributed by atoms with E-state index in [0.29, 0.717) is 13.1 Å². The fourth-order valence-electron chi connectivity index (χ4n) is 1.99. The van der Waals surface area contributed by atoms with Crippen LogP contribution in [-0.2, 0) is 0 Å². The van der Waals surface area contributed by atoms with Crippen LogP contribution in [0.15, 0.2) is 0 Å². The number of nitrogens with zero attached hydrogens (tertiary/aromatic N) is 1. The van der Waals surface area contributed by atoms with Crippen molar-refractivity contribution in [3.8, 4) is 0 Å². The van der Waals surface area contributed by atoms with Gasteiger partial charge in [-0.25, -0.2) is 14.5 Å². The van der Waals surface area contributed by atoms with E-state index in [1.165, 1.54) is 17.7 Å². The number of amides is 4. The van der Waals surface area contributed by atoms with Gasteiger partial charge in [0.1, 0.15) is 0 Å². The van der Waals surface area contributed by atoms with Gasteiger partial charge in [0.2, 0.25) is 0 Å². The van der Waals surface area contributed by atoms with Crippen LogP contribution < -0.4 is 10.6 Å². The van der Waals surface area contributed by atoms with Crippen LogP contribution in [-0.4, -0.2) is 36.1 Å². The van der Waals surface area contributed by atoms with E-state index in [1.807, 2.05) is 0 Å². The molecule has 2 aliphatic rings. The van der Waals surface area contributed by atoms with E-state index in [2.05, 4.69) is 10.6 Å². The minimum absolute atomic E-state index is 0.244. The lowest BCUT2D eigenvalue weighted by atomic mass is 10.2. The Morgan fingerprint density at radius 2 is 2.14 bits per heavy atom. The van der Waals surface area contributed by atoms with Gasteiger partial charge in [0.15, 0.2) is 0 Å². The largest absolute Gasteiger partial charge is 0.336 e. The first-order valence-electron chi connectivity index (χ1n) is 5.13. The molecule has 0 spiro atoms. The van der Waals surface area contributed by atoms with Crippen molar-refractivity contribution in [1.82, 2.24) is 15.5 Å². The van der Waals surface area contributed by atoms with Gasteiger partial charge in [0.05, 0.1) is 0 Å². The van der Waals surface area contributed by atoms with E-state index in [1.54, 1.807) is 0 Å². The van der Waals surface area contributed by atoms with Crippen LogP contribution >= 0.6 is 0 Å². The molecule has 0 aromatic carbocycles. The maximum atomic E-state index is 11.6. The summed E-state index contributed by atoms with van der Waals surface area (Å²) in [6.07, 6.45) is 4.44. The molecule has 2 N–H and O–H groups in total. The second-order valence-corrected chi connectivity index (χ2v) is 3.81. The van der Waals surface area contributed by atoms with Gasteiger partial charge in [0, 0.05) is 19.1 Å². The molecule has 4 amide bonds. The molecular formula is C9H15N3O2. The highest BCUT2D eigenvalue weighted by Crippen LogP contribution is 2.17. The summed E-state index contributed by atoms with van der Waals surface area (Å²) < 4.78 is 0. The van der Waals surface area contributed by atoms with Crippen molar-refractivity contribution >= 4 is 12.1 Å². The molecule has 14 heavy (non-hydrogen) atoms. The number of hydrogen-bond acceptors (Lipinski definition) is 2. The van der Waals surface area contributed by atoms with Gasteiger partial charge < -0.3 is 10.6 Å². The molecule has 78 valence electrons. The Kier molecular flexibility index (Phi) is 2.56. The Morgan fingerprint density at radius 1 is 1.43 bits per heavy atom. The average Bonchev–Trinajstić information content (AvgIpc) is 2.75. The Hall–Kier alpha value is -1.26. The Bertz CT molecular complexity index is 248. The third-order valence-electron chi connectivity index (χ3n) is 2.78. The van der Waals surface area contributed by atoms with Gasteiger partial charge in [-0.1, -0.05) is 12.8 Å². The van der Waals surface area contributed by atoms with Crippen LogP contribution in [0.25, 0.3) is 0 Å². The number of carbonyl (C=O) groups excluding carboxylic acids is 2. The van der Waals surface area contributed by atoms with E-state index in [9.17, 15) is 9.59 Å². The highest BCUT2D eigenvalue weighted by atomic mass is 16.2. The summed E-state index contributed by atoms with van der Waals surface area (Å²) in [5, 5.41) is 5.48. The van der Waals surface area contributed by atoms with Crippen molar-refractivity contribution in [2.75, 3.05) is 13.1 Å². The predicted molar refractivity (Wildman–Crippen MR) is 50.9 cm³/mol. The second-order valence-electron chi connectivity index (χ2n) is 3.81. The van der Waals surface area contributed by atoms with Gasteiger partial charge in [0.25, 0.3) is 0 Å². The van der Waals surface area contributed by atoms with E-state index < -0.39 is 0 Å². The zero-order chi connectivity index (χ0) is 9.97. The van der Waals surface area contributed by atoms with Gasteiger partial charge in [-0.2, -0.15) is 0 Å². The Morgan fingerprint density at radius 3 is 2.71 bits per heavy atom. The number of rotatable bonds is 1. The second kappa shape index (κ2) is 3.86. The maximum absolute atomic E-state index is 11.6. The van der Waals surface area contributed by atoms with Crippen LogP contribution in [0.4, 0.5) is 9.59 Å². The summed E-state index contributed by atoms with van der Waals surface area (Å²) in [5.41, 5.74) is 0. The molecule has 0 aromatic heterocycles. The number of hydrogen-bond donors (Lipinski definition) is 2. The van der Waals surface area contributed by atoms with Crippen LogP contribution in [0.1, 0.15) is 25.7 Å². The quantitative estimate of drug-likeness (QED) is 0.648. The zero-order valence-corrected chi connectivity index (χ0v) is 8.08. The van der Waals surface area contributed by atoms with Crippen molar-refractivity contribution in [2.45, 2.75) is 31.7 Å². The van der Waals surface area contributed by atoms with Crippen LogP contribution in [0, 0.1) is 0 Å². The number of nitrogens with one attached hydrogen (secondary N) is 2. The molecule has 1 saturated carbocycles. The summed E-state index contributed by atoms with van der Waals surface area (Å²) in [5.74, 6) is 0. The summed E-state index contributed by atoms with van der Waals surface area (Å²) in [6.45, 7) is 1.05. The fourth-order valence-corrected chi connectivity index (χ4v) is 1.99. The lowest BCUT2D eigenvalue weighted by Crippen LogP contribution is -2.45. The molecule has 2 rings (SSSR count). The highest BCUT2D eigenvalue weighted by Gasteiger charge is 2.28. The molecule has 0 bridgehead atoms. The van der Waals surface area contributed by atoms with Crippen LogP contribution in [0.5, 0.6) is 0 Å². The lowest BCUT2D eigenvalue weighted by Gasteiger charge is -2.17. The Labute approximate surface area is 82.8 Å². The zero-order valence-electron chi connectivity index (χ0n) is 8.08. The molecule has 1 aliphatic carbocycles. The average molecular weight is 197 g/mol. The first-order valence-corrected chi connectivity index (χ1v) is 5.13. The van der Waals surface area contributed by atoms with E-state index in [4.69, 9.17) is 0 Å². The molecule has 1 heterocycles. The van der Waals surface area contributed by atoms with Gasteiger partial charge in [-0.05, 0) is 12.8 Å². The van der Waals surface area contributed by atoms with Gasteiger partial charge in [-0.3, -0.25) is 0 Å². The maximum Gasteiger partial charge on any atom is 0.325 e. The lowest BCUT2D eigenvalue weighted by molar-refractivity contribution is 0.196. The summed E-state index contributed by atoms with van der Waals surface area (Å²) in [7, 11) is 0. The minimum atomic E-state index is -0.277. The molecule has 0 radical (unpaired) electrons. The summed E-state index contributed by atoms with van der Waals surface area (Å²) >= 11 is 0. The predicted octanol–water partition coefficient (Wildman–Crippen LogP) is 0.664. The van der Waals surface area contributed by atoms with Crippen molar-refractivity contribution < 1.29 is 9.59 Å². The number of urea groups is 2. The molecule has 0 atom stereocenters. The first kappa shape index (κ1) is 9.30. The van der Waals surface area contributed by atoms with Crippen molar-refractivity contribution in [3.63, 3.8) is 0 Å². The molecule has 0 unspecified atom stereocenters. The van der Waals surface area contributed by atoms with Gasteiger partial charge >= 0.3 is 12.1 Å². The summed E-state index contributed by atoms with van der Waals surface area (Å²) in [4.78, 5) is 23.9. The molecule has 1 saturated heterocycles. The fraction of sp³-hybridized carbons (Fsp3) is 0.778. The minimum Gasteiger partial charge on any atom is -0.336 e. The molecule has 1 aliphatic heterocycles. The van der Waals surface area contributed by atoms with Crippen molar-refractivity contribution in [3.05, 3.63) is 0 Å². The SMILES string of the molecule is O=C1NCCN1C(=O)NC1CCCC1. The molecular weight excluding hydrogens is 182 g/mol. The third kappa shape index (κ3) is 1.81. The van der Waals surface area contributed by atoms with Crippen LogP contribution in [0.3, 0.4) is 0 Å². The number of carbonyl (C=O) groups is 2.